The van der Waals surface area contributed by atoms with Crippen LogP contribution in [0.3, 0.4) is 0 Å². The van der Waals surface area contributed by atoms with E-state index in [2.05, 4.69) is 30.2 Å². The molecule has 1 N–H and O–H groups in total. The molecule has 2 aromatic heterocycles. The van der Waals surface area contributed by atoms with Gasteiger partial charge in [-0.2, -0.15) is 0 Å². The van der Waals surface area contributed by atoms with Crippen molar-refractivity contribution in [2.75, 3.05) is 6.54 Å². The number of nitrogens with zero attached hydrogens (tertiary/aromatic N) is 1. The molecule has 2 heterocycles. The normalized spacial score (nSPS) is 11.3. The van der Waals surface area contributed by atoms with Gasteiger partial charge < -0.3 is 14.2 Å². The summed E-state index contributed by atoms with van der Waals surface area (Å²) < 4.78 is 11.3. The fourth-order valence-corrected chi connectivity index (χ4v) is 2.25. The van der Waals surface area contributed by atoms with Crippen LogP contribution in [0.5, 0.6) is 0 Å². The third-order valence-corrected chi connectivity index (χ3v) is 3.26. The highest BCUT2D eigenvalue weighted by Crippen LogP contribution is 2.30. The Bertz CT molecular complexity index is 712. The Labute approximate surface area is 117 Å². The summed E-state index contributed by atoms with van der Waals surface area (Å²) in [4.78, 5) is 4.26. The Morgan fingerprint density at radius 2 is 2.15 bits per heavy atom. The van der Waals surface area contributed by atoms with E-state index in [0.29, 0.717) is 12.3 Å². The molecule has 0 atom stereocenters. The second-order valence-corrected chi connectivity index (χ2v) is 4.96. The van der Waals surface area contributed by atoms with Crippen molar-refractivity contribution >= 4 is 11.0 Å². The molecular weight excluding hydrogens is 252 g/mol. The predicted octanol–water partition coefficient (Wildman–Crippen LogP) is 3.90. The summed E-state index contributed by atoms with van der Waals surface area (Å²) in [5.41, 5.74) is 2.97. The van der Waals surface area contributed by atoms with Gasteiger partial charge >= 0.3 is 0 Å². The van der Waals surface area contributed by atoms with Gasteiger partial charge in [-0.15, -0.1) is 0 Å². The topological polar surface area (TPSA) is 51.2 Å². The van der Waals surface area contributed by atoms with E-state index >= 15 is 0 Å². The van der Waals surface area contributed by atoms with Crippen LogP contribution in [0.2, 0.25) is 0 Å². The monoisotopic (exact) mass is 270 g/mol. The molecule has 0 aliphatic carbocycles. The molecule has 0 fully saturated rings. The first kappa shape index (κ1) is 12.9. The van der Waals surface area contributed by atoms with E-state index in [-0.39, 0.29) is 0 Å². The summed E-state index contributed by atoms with van der Waals surface area (Å²) in [5, 5.41) is 4.41. The smallest absolute Gasteiger partial charge is 0.194 e. The Morgan fingerprint density at radius 1 is 1.25 bits per heavy atom. The highest BCUT2D eigenvalue weighted by atomic mass is 16.4. The summed E-state index contributed by atoms with van der Waals surface area (Å²) >= 11 is 0. The van der Waals surface area contributed by atoms with E-state index < -0.39 is 0 Å². The molecule has 3 aromatic rings. The van der Waals surface area contributed by atoms with E-state index in [9.17, 15) is 0 Å². The molecule has 0 amide bonds. The maximum absolute atomic E-state index is 5.85. The maximum Gasteiger partial charge on any atom is 0.194 e. The number of fused-ring (bicyclic) bond motifs is 1. The summed E-state index contributed by atoms with van der Waals surface area (Å²) in [6, 6.07) is 8.14. The number of aryl methyl sites for hydroxylation is 1. The zero-order chi connectivity index (χ0) is 13.9. The standard InChI is InChI=1S/C16H18N2O2/c1-3-6-17-9-13-16(19-10-18-13)15-8-12-7-11(2)4-5-14(12)20-15/h4-5,7-8,10,17H,3,6,9H2,1-2H3. The second-order valence-electron chi connectivity index (χ2n) is 4.96. The molecule has 4 nitrogen and oxygen atoms in total. The fourth-order valence-electron chi connectivity index (χ4n) is 2.25. The number of rotatable bonds is 5. The Balaban J connectivity index is 1.92. The first-order chi connectivity index (χ1) is 9.78. The van der Waals surface area contributed by atoms with Gasteiger partial charge in [-0.1, -0.05) is 18.6 Å². The molecule has 0 unspecified atom stereocenters. The molecule has 0 bridgehead atoms. The molecular formula is C16H18N2O2. The van der Waals surface area contributed by atoms with Crippen molar-refractivity contribution in [3.05, 3.63) is 41.9 Å². The summed E-state index contributed by atoms with van der Waals surface area (Å²) in [6.07, 6.45) is 2.56. The summed E-state index contributed by atoms with van der Waals surface area (Å²) in [7, 11) is 0. The lowest BCUT2D eigenvalue weighted by molar-refractivity contribution is 0.533. The zero-order valence-corrected chi connectivity index (χ0v) is 11.8. The second kappa shape index (κ2) is 5.51. The summed E-state index contributed by atoms with van der Waals surface area (Å²) in [6.45, 7) is 5.86. The number of aromatic nitrogens is 1. The van der Waals surface area contributed by atoms with Gasteiger partial charge in [-0.05, 0) is 38.1 Å². The van der Waals surface area contributed by atoms with Gasteiger partial charge in [0.15, 0.2) is 17.9 Å². The maximum atomic E-state index is 5.85. The Kier molecular flexibility index (Phi) is 3.56. The highest BCUT2D eigenvalue weighted by Gasteiger charge is 2.15. The predicted molar refractivity (Wildman–Crippen MR) is 78.4 cm³/mol. The molecule has 1 aromatic carbocycles. The minimum atomic E-state index is 0.690. The van der Waals surface area contributed by atoms with Crippen LogP contribution in [0, 0.1) is 6.92 Å². The van der Waals surface area contributed by atoms with Crippen molar-refractivity contribution < 1.29 is 8.83 Å². The van der Waals surface area contributed by atoms with Gasteiger partial charge in [0.2, 0.25) is 0 Å². The highest BCUT2D eigenvalue weighted by molar-refractivity contribution is 5.82. The molecule has 0 aliphatic rings. The van der Waals surface area contributed by atoms with Crippen molar-refractivity contribution in [2.24, 2.45) is 0 Å². The lowest BCUT2D eigenvalue weighted by atomic mass is 10.2. The quantitative estimate of drug-likeness (QED) is 0.714. The number of hydrogen-bond acceptors (Lipinski definition) is 4. The van der Waals surface area contributed by atoms with Crippen molar-refractivity contribution in [3.8, 4) is 11.5 Å². The molecule has 104 valence electrons. The van der Waals surface area contributed by atoms with Gasteiger partial charge in [-0.3, -0.25) is 0 Å². The van der Waals surface area contributed by atoms with Crippen molar-refractivity contribution in [3.63, 3.8) is 0 Å². The Hall–Kier alpha value is -2.07. The molecule has 0 radical (unpaired) electrons. The van der Waals surface area contributed by atoms with Crippen LogP contribution < -0.4 is 5.32 Å². The van der Waals surface area contributed by atoms with Gasteiger partial charge in [0.05, 0.1) is 0 Å². The SMILES string of the molecule is CCCNCc1ncoc1-c1cc2cc(C)ccc2o1. The van der Waals surface area contributed by atoms with Crippen LogP contribution in [-0.4, -0.2) is 11.5 Å². The van der Waals surface area contributed by atoms with Crippen LogP contribution in [0.15, 0.2) is 39.5 Å². The molecule has 0 saturated heterocycles. The summed E-state index contributed by atoms with van der Waals surface area (Å²) in [5.74, 6) is 1.44. The van der Waals surface area contributed by atoms with Gasteiger partial charge in [0.25, 0.3) is 0 Å². The van der Waals surface area contributed by atoms with E-state index in [4.69, 9.17) is 8.83 Å². The van der Waals surface area contributed by atoms with Crippen molar-refractivity contribution in [1.82, 2.24) is 10.3 Å². The van der Waals surface area contributed by atoms with Crippen LogP contribution in [0.25, 0.3) is 22.5 Å². The van der Waals surface area contributed by atoms with Crippen LogP contribution in [0.1, 0.15) is 24.6 Å². The number of oxazole rings is 1. The van der Waals surface area contributed by atoms with Crippen LogP contribution in [0.4, 0.5) is 0 Å². The van der Waals surface area contributed by atoms with Gasteiger partial charge in [-0.25, -0.2) is 4.98 Å². The van der Waals surface area contributed by atoms with Crippen molar-refractivity contribution in [2.45, 2.75) is 26.8 Å². The zero-order valence-electron chi connectivity index (χ0n) is 11.8. The molecule has 0 aliphatic heterocycles. The largest absolute Gasteiger partial charge is 0.453 e. The van der Waals surface area contributed by atoms with E-state index in [1.165, 1.54) is 12.0 Å². The third kappa shape index (κ3) is 2.47. The minimum absolute atomic E-state index is 0.690. The molecule has 4 heteroatoms. The minimum Gasteiger partial charge on any atom is -0.453 e. The van der Waals surface area contributed by atoms with Gasteiger partial charge in [0, 0.05) is 11.9 Å². The first-order valence-electron chi connectivity index (χ1n) is 6.91. The number of benzene rings is 1. The number of nitrogens with one attached hydrogen (secondary N) is 1. The number of furan rings is 1. The first-order valence-corrected chi connectivity index (χ1v) is 6.91. The molecule has 20 heavy (non-hydrogen) atoms. The van der Waals surface area contributed by atoms with Gasteiger partial charge in [0.1, 0.15) is 11.3 Å². The van der Waals surface area contributed by atoms with Crippen LogP contribution in [-0.2, 0) is 6.54 Å². The van der Waals surface area contributed by atoms with E-state index in [0.717, 1.165) is 35.4 Å². The van der Waals surface area contributed by atoms with E-state index in [1.807, 2.05) is 18.2 Å². The molecule has 3 rings (SSSR count). The third-order valence-electron chi connectivity index (χ3n) is 3.26. The lowest BCUT2D eigenvalue weighted by Crippen LogP contribution is -2.14. The molecule has 0 saturated carbocycles. The average Bonchev–Trinajstić information content (AvgIpc) is 3.04. The number of hydrogen-bond donors (Lipinski definition) is 1. The average molecular weight is 270 g/mol. The van der Waals surface area contributed by atoms with E-state index in [1.54, 1.807) is 0 Å². The van der Waals surface area contributed by atoms with Crippen LogP contribution >= 0.6 is 0 Å². The fraction of sp³-hybridized carbons (Fsp3) is 0.312. The van der Waals surface area contributed by atoms with Crippen molar-refractivity contribution in [1.29, 1.82) is 0 Å². The lowest BCUT2D eigenvalue weighted by Gasteiger charge is -2.00. The molecule has 0 spiro atoms. The Morgan fingerprint density at radius 3 is 3.00 bits per heavy atom.